The van der Waals surface area contributed by atoms with Crippen molar-refractivity contribution < 1.29 is 9.37 Å². The molecule has 2 heterocycles. The average Bonchev–Trinajstić information content (AvgIpc) is 2.84. The molecule has 0 amide bonds. The largest absolute Gasteiger partial charge is 0.397 e. The van der Waals surface area contributed by atoms with Crippen molar-refractivity contribution in [1.29, 1.82) is 0 Å². The van der Waals surface area contributed by atoms with Crippen LogP contribution in [0.4, 0.5) is 11.4 Å². The summed E-state index contributed by atoms with van der Waals surface area (Å²) in [6.07, 6.45) is 2.11. The lowest BCUT2D eigenvalue weighted by Gasteiger charge is -2.35. The summed E-state index contributed by atoms with van der Waals surface area (Å²) in [7, 11) is 0. The van der Waals surface area contributed by atoms with Crippen LogP contribution in [0.1, 0.15) is 19.8 Å². The third kappa shape index (κ3) is 1.88. The SMILES string of the molecule is CC1(Nc2ccc(N)c3nonc23)CCCOC1. The summed E-state index contributed by atoms with van der Waals surface area (Å²) < 4.78 is 10.3. The van der Waals surface area contributed by atoms with Crippen molar-refractivity contribution in [3.05, 3.63) is 12.1 Å². The monoisotopic (exact) mass is 248 g/mol. The normalized spacial score (nSPS) is 24.3. The summed E-state index contributed by atoms with van der Waals surface area (Å²) in [6.45, 7) is 3.66. The van der Waals surface area contributed by atoms with Crippen LogP contribution in [0.5, 0.6) is 0 Å². The average molecular weight is 248 g/mol. The van der Waals surface area contributed by atoms with Gasteiger partial charge in [0, 0.05) is 6.61 Å². The molecule has 0 aliphatic carbocycles. The number of nitrogens with zero attached hydrogens (tertiary/aromatic N) is 2. The van der Waals surface area contributed by atoms with Crippen LogP contribution in [0.25, 0.3) is 11.0 Å². The molecule has 1 unspecified atom stereocenters. The number of nitrogens with one attached hydrogen (secondary N) is 1. The van der Waals surface area contributed by atoms with Crippen LogP contribution in [0.2, 0.25) is 0 Å². The molecule has 6 heteroatoms. The molecule has 1 aromatic carbocycles. The van der Waals surface area contributed by atoms with Gasteiger partial charge in [-0.25, -0.2) is 4.63 Å². The fraction of sp³-hybridized carbons (Fsp3) is 0.500. The van der Waals surface area contributed by atoms with Crippen molar-refractivity contribution in [2.24, 2.45) is 0 Å². The minimum absolute atomic E-state index is 0.0831. The Balaban J connectivity index is 1.95. The van der Waals surface area contributed by atoms with E-state index in [0.29, 0.717) is 23.3 Å². The number of ether oxygens (including phenoxy) is 1. The second-order valence-corrected chi connectivity index (χ2v) is 5.01. The van der Waals surface area contributed by atoms with Crippen molar-refractivity contribution in [1.82, 2.24) is 10.3 Å². The Morgan fingerprint density at radius 3 is 2.94 bits per heavy atom. The molecule has 0 radical (unpaired) electrons. The van der Waals surface area contributed by atoms with E-state index in [1.165, 1.54) is 0 Å². The second kappa shape index (κ2) is 4.13. The van der Waals surface area contributed by atoms with E-state index in [2.05, 4.69) is 22.6 Å². The molecule has 1 saturated heterocycles. The molecule has 3 N–H and O–H groups in total. The summed E-state index contributed by atoms with van der Waals surface area (Å²) in [5.41, 5.74) is 8.46. The molecule has 1 aliphatic rings. The fourth-order valence-corrected chi connectivity index (χ4v) is 2.34. The zero-order chi connectivity index (χ0) is 12.6. The third-order valence-electron chi connectivity index (χ3n) is 3.32. The second-order valence-electron chi connectivity index (χ2n) is 5.01. The summed E-state index contributed by atoms with van der Waals surface area (Å²) in [6, 6.07) is 3.71. The summed E-state index contributed by atoms with van der Waals surface area (Å²) in [5, 5.41) is 11.2. The number of aromatic nitrogens is 2. The Morgan fingerprint density at radius 2 is 2.17 bits per heavy atom. The van der Waals surface area contributed by atoms with Crippen molar-refractivity contribution in [3.63, 3.8) is 0 Å². The number of nitrogens with two attached hydrogens (primary N) is 1. The Bertz CT molecular complexity index is 560. The molecular weight excluding hydrogens is 232 g/mol. The minimum Gasteiger partial charge on any atom is -0.397 e. The maximum atomic E-state index is 5.82. The molecule has 1 fully saturated rings. The summed E-state index contributed by atoms with van der Waals surface area (Å²) >= 11 is 0. The molecule has 2 aromatic rings. The van der Waals surface area contributed by atoms with Gasteiger partial charge in [0.05, 0.1) is 23.5 Å². The van der Waals surface area contributed by atoms with Crippen molar-refractivity contribution >= 4 is 22.4 Å². The van der Waals surface area contributed by atoms with Crippen molar-refractivity contribution in [2.75, 3.05) is 24.3 Å². The van der Waals surface area contributed by atoms with Crippen molar-refractivity contribution in [3.8, 4) is 0 Å². The van der Waals surface area contributed by atoms with Crippen LogP contribution in [0.15, 0.2) is 16.8 Å². The number of fused-ring (bicyclic) bond motifs is 1. The lowest BCUT2D eigenvalue weighted by atomic mass is 9.94. The molecule has 3 rings (SSSR count). The molecule has 0 bridgehead atoms. The van der Waals surface area contributed by atoms with Crippen LogP contribution in [0.3, 0.4) is 0 Å². The van der Waals surface area contributed by atoms with Gasteiger partial charge in [-0.2, -0.15) is 0 Å². The number of hydrogen-bond donors (Lipinski definition) is 2. The highest BCUT2D eigenvalue weighted by Crippen LogP contribution is 2.30. The Morgan fingerprint density at radius 1 is 1.33 bits per heavy atom. The minimum atomic E-state index is -0.0831. The van der Waals surface area contributed by atoms with Crippen LogP contribution in [0, 0.1) is 0 Å². The number of nitrogen functional groups attached to an aromatic ring is 1. The van der Waals surface area contributed by atoms with E-state index in [-0.39, 0.29) is 5.54 Å². The van der Waals surface area contributed by atoms with Gasteiger partial charge in [-0.15, -0.1) is 0 Å². The van der Waals surface area contributed by atoms with E-state index in [9.17, 15) is 0 Å². The molecule has 0 saturated carbocycles. The van der Waals surface area contributed by atoms with E-state index in [1.807, 2.05) is 12.1 Å². The van der Waals surface area contributed by atoms with Gasteiger partial charge in [-0.3, -0.25) is 0 Å². The number of benzene rings is 1. The Hall–Kier alpha value is -1.82. The first-order valence-corrected chi connectivity index (χ1v) is 6.05. The van der Waals surface area contributed by atoms with Gasteiger partial charge in [-0.05, 0) is 42.2 Å². The highest BCUT2D eigenvalue weighted by atomic mass is 16.6. The molecule has 6 nitrogen and oxygen atoms in total. The maximum absolute atomic E-state index is 5.82. The van der Waals surface area contributed by atoms with Crippen LogP contribution < -0.4 is 11.1 Å². The lowest BCUT2D eigenvalue weighted by molar-refractivity contribution is 0.0541. The van der Waals surface area contributed by atoms with Gasteiger partial charge < -0.3 is 15.8 Å². The first-order valence-electron chi connectivity index (χ1n) is 6.05. The molecule has 1 atom stereocenters. The molecule has 0 spiro atoms. The highest BCUT2D eigenvalue weighted by Gasteiger charge is 2.28. The smallest absolute Gasteiger partial charge is 0.160 e. The molecule has 96 valence electrons. The van der Waals surface area contributed by atoms with Crippen LogP contribution in [-0.4, -0.2) is 29.1 Å². The Labute approximate surface area is 104 Å². The number of anilines is 2. The zero-order valence-corrected chi connectivity index (χ0v) is 10.3. The van der Waals surface area contributed by atoms with Gasteiger partial charge in [-0.1, -0.05) is 0 Å². The molecule has 1 aliphatic heterocycles. The third-order valence-corrected chi connectivity index (χ3v) is 3.32. The van der Waals surface area contributed by atoms with Crippen LogP contribution in [-0.2, 0) is 4.74 Å². The quantitative estimate of drug-likeness (QED) is 0.788. The maximum Gasteiger partial charge on any atom is 0.160 e. The molecule has 18 heavy (non-hydrogen) atoms. The summed E-state index contributed by atoms with van der Waals surface area (Å²) in [5.74, 6) is 0. The fourth-order valence-electron chi connectivity index (χ4n) is 2.34. The van der Waals surface area contributed by atoms with Gasteiger partial charge in [0.1, 0.15) is 0 Å². The topological polar surface area (TPSA) is 86.2 Å². The van der Waals surface area contributed by atoms with Crippen molar-refractivity contribution in [2.45, 2.75) is 25.3 Å². The van der Waals surface area contributed by atoms with E-state index in [0.717, 1.165) is 25.1 Å². The first-order chi connectivity index (χ1) is 8.68. The van der Waals surface area contributed by atoms with Gasteiger partial charge in [0.25, 0.3) is 0 Å². The predicted octanol–water partition coefficient (Wildman–Crippen LogP) is 1.79. The van der Waals surface area contributed by atoms with E-state index in [1.54, 1.807) is 0 Å². The Kier molecular flexibility index (Phi) is 2.59. The zero-order valence-electron chi connectivity index (χ0n) is 10.3. The highest BCUT2D eigenvalue weighted by molar-refractivity contribution is 5.95. The number of rotatable bonds is 2. The van der Waals surface area contributed by atoms with E-state index in [4.69, 9.17) is 15.1 Å². The van der Waals surface area contributed by atoms with Gasteiger partial charge >= 0.3 is 0 Å². The van der Waals surface area contributed by atoms with E-state index >= 15 is 0 Å². The lowest BCUT2D eigenvalue weighted by Crippen LogP contribution is -2.43. The van der Waals surface area contributed by atoms with Gasteiger partial charge in [0.15, 0.2) is 11.0 Å². The van der Waals surface area contributed by atoms with Crippen LogP contribution >= 0.6 is 0 Å². The first kappa shape index (κ1) is 11.3. The van der Waals surface area contributed by atoms with Gasteiger partial charge in [0.2, 0.25) is 0 Å². The predicted molar refractivity (Wildman–Crippen MR) is 68.3 cm³/mol. The standard InChI is InChI=1S/C12H16N4O2/c1-12(5-2-6-17-7-12)14-9-4-3-8(13)10-11(9)16-18-15-10/h3-4,14H,2,5-7,13H2,1H3. The molecule has 1 aromatic heterocycles. The molecular formula is C12H16N4O2. The summed E-state index contributed by atoms with van der Waals surface area (Å²) in [4.78, 5) is 0. The van der Waals surface area contributed by atoms with E-state index < -0.39 is 0 Å². The number of hydrogen-bond acceptors (Lipinski definition) is 6.